The topological polar surface area (TPSA) is 89.9 Å². The fraction of sp³-hybridized carbons (Fsp3) is 0.854. The first-order valence-corrected chi connectivity index (χ1v) is 23.4. The lowest BCUT2D eigenvalue weighted by molar-refractivity contribution is -0.457. The zero-order chi connectivity index (χ0) is 44.0. The van der Waals surface area contributed by atoms with Crippen molar-refractivity contribution in [3.05, 3.63) is 29.3 Å². The van der Waals surface area contributed by atoms with Gasteiger partial charge in [0, 0.05) is 63.5 Å². The molecule has 0 unspecified atom stereocenters. The Morgan fingerprint density at radius 2 is 1.42 bits per heavy atom. The molecule has 0 aromatic heterocycles. The predicted molar refractivity (Wildman–Crippen MR) is 213 cm³/mol. The molecule has 19 heteroatoms. The Hall–Kier alpha value is -1.19. The van der Waals surface area contributed by atoms with Crippen molar-refractivity contribution < 1.29 is 73.4 Å². The Labute approximate surface area is 355 Å². The minimum atomic E-state index is -6.74. The molecule has 2 saturated carbocycles. The lowest BCUT2D eigenvalue weighted by atomic mass is 9.55. The van der Waals surface area contributed by atoms with Crippen LogP contribution in [-0.4, -0.2) is 136 Å². The minimum Gasteiger partial charge on any atom is -0.492 e. The summed E-state index contributed by atoms with van der Waals surface area (Å²) in [5.74, 6) is 3.60. The standard InChI is InChI=1S/C41H62F9NO7S2/c1-37-14-13-33-32-10-8-31(56-21-16-51(2)15-4-18-55-23-25-60-59-24-22-54-17-3-6-29(27-52)28-53)26-30(32)7-9-34(33)35(37)11-12-36(37)57-19-5-20-58-38(39(42,43)44,40(45,46)47)41(48,49)50/h8,10,26,29,33-36,52-53H,3-7,9,11-25,27-28H2,1-2H3/t33-,34-,35+,36+,37+/m1/s1. The second-order valence-corrected chi connectivity index (χ2v) is 19.1. The van der Waals surface area contributed by atoms with Gasteiger partial charge in [0.2, 0.25) is 0 Å². The summed E-state index contributed by atoms with van der Waals surface area (Å²) in [6, 6.07) is 6.33. The van der Waals surface area contributed by atoms with E-state index in [1.165, 1.54) is 11.1 Å². The van der Waals surface area contributed by atoms with Crippen molar-refractivity contribution in [3.8, 4) is 5.75 Å². The van der Waals surface area contributed by atoms with Gasteiger partial charge < -0.3 is 38.8 Å². The zero-order valence-corrected chi connectivity index (χ0v) is 36.1. The number of likely N-dealkylation sites (N-methyl/N-ethyl adjacent to an activating group) is 1. The molecule has 0 amide bonds. The van der Waals surface area contributed by atoms with Crippen LogP contribution in [0.3, 0.4) is 0 Å². The number of alkyl halides is 9. The fourth-order valence-electron chi connectivity index (χ4n) is 9.20. The SMILES string of the molecule is CN(CCCOCCSSCCOCCCC(CO)CO)CCOc1ccc2c(c1)CC[C@@H]1[C@@H]2CC[C@]2(C)[C@@H](OCCCOC(C(F)(F)F)(C(F)(F)F)C(F)(F)F)CC[C@@H]12. The number of aryl methyl sites for hydroxylation is 1. The average molecular weight is 916 g/mol. The van der Waals surface area contributed by atoms with Gasteiger partial charge in [-0.3, -0.25) is 0 Å². The van der Waals surface area contributed by atoms with E-state index >= 15 is 0 Å². The van der Waals surface area contributed by atoms with Gasteiger partial charge >= 0.3 is 24.1 Å². The molecule has 0 spiro atoms. The summed E-state index contributed by atoms with van der Waals surface area (Å²) < 4.78 is 146. The molecule has 0 heterocycles. The summed E-state index contributed by atoms with van der Waals surface area (Å²) in [6.07, 6.45) is -13.5. The Morgan fingerprint density at radius 3 is 2.05 bits per heavy atom. The van der Waals surface area contributed by atoms with Crippen LogP contribution in [0.25, 0.3) is 0 Å². The highest BCUT2D eigenvalue weighted by Crippen LogP contribution is 2.62. The van der Waals surface area contributed by atoms with E-state index in [4.69, 9.17) is 29.2 Å². The Balaban J connectivity index is 1.09. The molecule has 348 valence electrons. The highest BCUT2D eigenvalue weighted by molar-refractivity contribution is 8.76. The summed E-state index contributed by atoms with van der Waals surface area (Å²) in [5, 5.41) is 18.2. The summed E-state index contributed by atoms with van der Waals surface area (Å²) in [5.41, 5.74) is -3.94. The van der Waals surface area contributed by atoms with Crippen molar-refractivity contribution >= 4 is 21.6 Å². The maximum absolute atomic E-state index is 13.2. The molecule has 1 aromatic carbocycles. The van der Waals surface area contributed by atoms with Gasteiger partial charge in [-0.25, -0.2) is 0 Å². The molecule has 1 aromatic rings. The first-order valence-electron chi connectivity index (χ1n) is 20.9. The number of fused-ring (bicyclic) bond motifs is 5. The van der Waals surface area contributed by atoms with Crippen LogP contribution in [0.15, 0.2) is 18.2 Å². The lowest BCUT2D eigenvalue weighted by Gasteiger charge is -2.50. The van der Waals surface area contributed by atoms with Crippen molar-refractivity contribution in [1.29, 1.82) is 0 Å². The van der Waals surface area contributed by atoms with Crippen molar-refractivity contribution in [1.82, 2.24) is 4.90 Å². The van der Waals surface area contributed by atoms with E-state index in [0.717, 1.165) is 81.7 Å². The number of aliphatic hydroxyl groups excluding tert-OH is 2. The number of hydrogen-bond acceptors (Lipinski definition) is 10. The van der Waals surface area contributed by atoms with Crippen LogP contribution in [0.1, 0.15) is 81.8 Å². The van der Waals surface area contributed by atoms with Gasteiger partial charge in [0.25, 0.3) is 0 Å². The predicted octanol–water partition coefficient (Wildman–Crippen LogP) is 9.26. The highest BCUT2D eigenvalue weighted by Gasteiger charge is 2.85. The van der Waals surface area contributed by atoms with Crippen LogP contribution in [0.4, 0.5) is 39.5 Å². The van der Waals surface area contributed by atoms with Gasteiger partial charge in [0.15, 0.2) is 0 Å². The van der Waals surface area contributed by atoms with Gasteiger partial charge in [0.1, 0.15) is 12.4 Å². The summed E-state index contributed by atoms with van der Waals surface area (Å²) in [6.45, 7) is 5.28. The number of hydrogen-bond donors (Lipinski definition) is 2. The van der Waals surface area contributed by atoms with Crippen molar-refractivity contribution in [2.24, 2.45) is 23.2 Å². The molecule has 3 aliphatic rings. The van der Waals surface area contributed by atoms with E-state index in [1.807, 2.05) is 6.07 Å². The smallest absolute Gasteiger partial charge is 0.435 e. The van der Waals surface area contributed by atoms with E-state index in [9.17, 15) is 39.5 Å². The van der Waals surface area contributed by atoms with Crippen molar-refractivity contribution in [2.75, 3.05) is 91.1 Å². The van der Waals surface area contributed by atoms with Gasteiger partial charge in [0.05, 0.1) is 25.9 Å². The van der Waals surface area contributed by atoms with Gasteiger partial charge in [-0.2, -0.15) is 39.5 Å². The van der Waals surface area contributed by atoms with Crippen LogP contribution in [0, 0.1) is 23.2 Å². The fourth-order valence-corrected chi connectivity index (χ4v) is 10.9. The van der Waals surface area contributed by atoms with Crippen LogP contribution in [0.2, 0.25) is 0 Å². The molecule has 4 rings (SSSR count). The highest BCUT2D eigenvalue weighted by atomic mass is 33.1. The van der Waals surface area contributed by atoms with E-state index < -0.39 is 37.2 Å². The third kappa shape index (κ3) is 13.4. The number of aliphatic hydroxyl groups is 2. The largest absolute Gasteiger partial charge is 0.492 e. The summed E-state index contributed by atoms with van der Waals surface area (Å²) in [4.78, 5) is 2.22. The lowest BCUT2D eigenvalue weighted by Crippen LogP contribution is -2.67. The van der Waals surface area contributed by atoms with Gasteiger partial charge in [-0.05, 0) is 118 Å². The Bertz CT molecular complexity index is 1370. The van der Waals surface area contributed by atoms with Gasteiger partial charge in [-0.15, -0.1) is 0 Å². The van der Waals surface area contributed by atoms with E-state index in [0.29, 0.717) is 57.2 Å². The minimum absolute atomic E-state index is 0.00307. The zero-order valence-electron chi connectivity index (χ0n) is 34.5. The third-order valence-corrected chi connectivity index (χ3v) is 14.8. The van der Waals surface area contributed by atoms with Crippen LogP contribution in [-0.2, 0) is 25.4 Å². The van der Waals surface area contributed by atoms with E-state index in [-0.39, 0.29) is 37.3 Å². The molecular formula is C41H62F9NO7S2. The van der Waals surface area contributed by atoms with Crippen LogP contribution >= 0.6 is 21.6 Å². The molecule has 0 saturated heterocycles. The molecule has 2 fully saturated rings. The number of rotatable bonds is 27. The van der Waals surface area contributed by atoms with Crippen LogP contribution < -0.4 is 4.74 Å². The third-order valence-electron chi connectivity index (χ3n) is 12.4. The molecule has 60 heavy (non-hydrogen) atoms. The number of halogens is 9. The maximum atomic E-state index is 13.2. The molecule has 0 radical (unpaired) electrons. The first-order chi connectivity index (χ1) is 28.4. The quantitative estimate of drug-likeness (QED) is 0.0506. The molecular weight excluding hydrogens is 854 g/mol. The summed E-state index contributed by atoms with van der Waals surface area (Å²) in [7, 11) is 5.59. The summed E-state index contributed by atoms with van der Waals surface area (Å²) >= 11 is 0. The monoisotopic (exact) mass is 915 g/mol. The second-order valence-electron chi connectivity index (χ2n) is 16.4. The van der Waals surface area contributed by atoms with Crippen molar-refractivity contribution in [2.45, 2.75) is 107 Å². The molecule has 2 N–H and O–H groups in total. The van der Waals surface area contributed by atoms with E-state index in [2.05, 4.69) is 35.7 Å². The van der Waals surface area contributed by atoms with E-state index in [1.54, 1.807) is 21.6 Å². The number of nitrogens with zero attached hydrogens (tertiary/aromatic N) is 1. The molecule has 5 atom stereocenters. The molecule has 0 aliphatic heterocycles. The van der Waals surface area contributed by atoms with Crippen LogP contribution in [0.5, 0.6) is 5.75 Å². The number of benzene rings is 1. The Kier molecular flexibility index (Phi) is 20.3. The van der Waals surface area contributed by atoms with Crippen molar-refractivity contribution in [3.63, 3.8) is 0 Å². The first kappa shape index (κ1) is 51.4. The number of ether oxygens (including phenoxy) is 5. The second kappa shape index (κ2) is 23.7. The molecule has 0 bridgehead atoms. The normalized spacial score (nSPS) is 23.6. The maximum Gasteiger partial charge on any atom is 0.435 e. The molecule has 3 aliphatic carbocycles. The average Bonchev–Trinajstić information content (AvgIpc) is 3.51. The Morgan fingerprint density at radius 1 is 0.767 bits per heavy atom. The molecule has 8 nitrogen and oxygen atoms in total. The van der Waals surface area contributed by atoms with Gasteiger partial charge in [-0.1, -0.05) is 34.6 Å².